The Morgan fingerprint density at radius 1 is 1.10 bits per heavy atom. The zero-order valence-electron chi connectivity index (χ0n) is 14.0. The van der Waals surface area contributed by atoms with Crippen LogP contribution in [0.4, 0.5) is 0 Å². The molecule has 4 heteroatoms. The highest BCUT2D eigenvalue weighted by Crippen LogP contribution is 2.27. The number of carboxylic acids is 1. The molecule has 1 fully saturated rings. The van der Waals surface area contributed by atoms with E-state index in [4.69, 9.17) is 5.11 Å². The molecule has 0 heterocycles. The van der Waals surface area contributed by atoms with E-state index in [1.165, 1.54) is 0 Å². The summed E-state index contributed by atoms with van der Waals surface area (Å²) >= 11 is 0. The van der Waals surface area contributed by atoms with Gasteiger partial charge >= 0.3 is 5.97 Å². The van der Waals surface area contributed by atoms with Gasteiger partial charge in [-0.1, -0.05) is 33.6 Å². The lowest BCUT2D eigenvalue weighted by molar-refractivity contribution is -0.143. The molecular formula is C17H33NO3. The van der Waals surface area contributed by atoms with Crippen molar-refractivity contribution in [2.24, 2.45) is 11.8 Å². The lowest BCUT2D eigenvalue weighted by atomic mass is 9.83. The Morgan fingerprint density at radius 3 is 1.90 bits per heavy atom. The van der Waals surface area contributed by atoms with Gasteiger partial charge in [0, 0.05) is 13.1 Å². The van der Waals surface area contributed by atoms with Crippen LogP contribution in [0.3, 0.4) is 0 Å². The Bertz CT molecular complexity index is 265. The van der Waals surface area contributed by atoms with Crippen molar-refractivity contribution in [2.45, 2.75) is 72.1 Å². The van der Waals surface area contributed by atoms with Gasteiger partial charge in [-0.25, -0.2) is 0 Å². The number of carbonyl (C=O) groups excluding carboxylic acids is 1. The molecule has 0 bridgehead atoms. The third kappa shape index (κ3) is 10.3. The van der Waals surface area contributed by atoms with E-state index in [2.05, 4.69) is 20.8 Å². The molecule has 1 saturated carbocycles. The summed E-state index contributed by atoms with van der Waals surface area (Å²) in [6.07, 6.45) is 9.50. The summed E-state index contributed by atoms with van der Waals surface area (Å²) in [6, 6.07) is 0. The quantitative estimate of drug-likeness (QED) is 0.691. The van der Waals surface area contributed by atoms with Gasteiger partial charge in [-0.2, -0.15) is 0 Å². The lowest BCUT2D eigenvalue weighted by Gasteiger charge is -2.22. The van der Waals surface area contributed by atoms with Crippen LogP contribution < -0.4 is 0 Å². The molecule has 1 N–H and O–H groups in total. The largest absolute Gasteiger partial charge is 0.481 e. The molecule has 4 nitrogen and oxygen atoms in total. The van der Waals surface area contributed by atoms with Gasteiger partial charge in [0.25, 0.3) is 0 Å². The first-order chi connectivity index (χ1) is 10.0. The van der Waals surface area contributed by atoms with Gasteiger partial charge in [-0.3, -0.25) is 9.59 Å². The van der Waals surface area contributed by atoms with Gasteiger partial charge in [0.1, 0.15) is 0 Å². The number of hydrogen-bond donors (Lipinski definition) is 1. The lowest BCUT2D eigenvalue weighted by Crippen LogP contribution is -2.24. The maximum Gasteiger partial charge on any atom is 0.306 e. The molecule has 0 unspecified atom stereocenters. The summed E-state index contributed by atoms with van der Waals surface area (Å²) in [5, 5.41) is 8.62. The van der Waals surface area contributed by atoms with Crippen LogP contribution in [0.2, 0.25) is 0 Å². The standard InChI is InChI=1S/C9H19NO.C8H14O2/c1-3-5-7-10(9-11)8-6-4-2;1-6-2-4-7(5-3-6)8(9)10/h9H,3-8H2,1-2H3;6-7H,2-5H2,1H3,(H,9,10). The summed E-state index contributed by atoms with van der Waals surface area (Å²) in [5.41, 5.74) is 0. The van der Waals surface area contributed by atoms with Gasteiger partial charge in [0.05, 0.1) is 5.92 Å². The number of amides is 1. The molecule has 0 radical (unpaired) electrons. The van der Waals surface area contributed by atoms with Crippen molar-refractivity contribution < 1.29 is 14.7 Å². The second-order valence-electron chi connectivity index (χ2n) is 6.14. The van der Waals surface area contributed by atoms with Crippen LogP contribution in [0.15, 0.2) is 0 Å². The van der Waals surface area contributed by atoms with Crippen LogP contribution in [-0.2, 0) is 9.59 Å². The average molecular weight is 299 g/mol. The molecule has 1 amide bonds. The van der Waals surface area contributed by atoms with Crippen molar-refractivity contribution in [3.05, 3.63) is 0 Å². The molecule has 0 atom stereocenters. The van der Waals surface area contributed by atoms with E-state index in [9.17, 15) is 9.59 Å². The summed E-state index contributed by atoms with van der Waals surface area (Å²) in [7, 11) is 0. The molecule has 1 aliphatic carbocycles. The highest BCUT2D eigenvalue weighted by molar-refractivity contribution is 5.69. The summed E-state index contributed by atoms with van der Waals surface area (Å²) in [4.78, 5) is 22.8. The van der Waals surface area contributed by atoms with Gasteiger partial charge in [-0.15, -0.1) is 0 Å². The normalized spacial score (nSPS) is 21.1. The molecule has 0 saturated heterocycles. The molecule has 1 rings (SSSR count). The van der Waals surface area contributed by atoms with E-state index in [0.29, 0.717) is 0 Å². The van der Waals surface area contributed by atoms with Crippen LogP contribution in [0, 0.1) is 11.8 Å². The Balaban J connectivity index is 0.000000382. The second kappa shape index (κ2) is 12.7. The fraction of sp³-hybridized carbons (Fsp3) is 0.882. The van der Waals surface area contributed by atoms with E-state index in [1.54, 1.807) is 0 Å². The smallest absolute Gasteiger partial charge is 0.306 e. The topological polar surface area (TPSA) is 57.6 Å². The van der Waals surface area contributed by atoms with E-state index in [1.807, 2.05) is 4.90 Å². The van der Waals surface area contributed by atoms with Crippen LogP contribution in [-0.4, -0.2) is 35.5 Å². The molecule has 1 aliphatic rings. The predicted octanol–water partition coefficient (Wildman–Crippen LogP) is 3.94. The molecule has 0 aromatic rings. The molecular weight excluding hydrogens is 266 g/mol. The maximum atomic E-state index is 10.5. The monoisotopic (exact) mass is 299 g/mol. The molecule has 21 heavy (non-hydrogen) atoms. The first kappa shape index (κ1) is 19.9. The SMILES string of the molecule is CC1CCC(C(=O)O)CC1.CCCCN(C=O)CCCC. The van der Waals surface area contributed by atoms with Gasteiger partial charge in [0.2, 0.25) is 6.41 Å². The number of carbonyl (C=O) groups is 2. The van der Waals surface area contributed by atoms with Crippen molar-refractivity contribution in [3.8, 4) is 0 Å². The molecule has 0 aromatic carbocycles. The minimum atomic E-state index is -0.605. The van der Waals surface area contributed by atoms with Crippen LogP contribution in [0.25, 0.3) is 0 Å². The number of aliphatic carboxylic acids is 1. The third-order valence-corrected chi connectivity index (χ3v) is 4.11. The van der Waals surface area contributed by atoms with Gasteiger partial charge < -0.3 is 10.0 Å². The molecule has 0 aliphatic heterocycles. The Hall–Kier alpha value is -1.06. The van der Waals surface area contributed by atoms with Crippen LogP contribution >= 0.6 is 0 Å². The van der Waals surface area contributed by atoms with Gasteiger partial charge in [-0.05, 0) is 44.4 Å². The van der Waals surface area contributed by atoms with Crippen molar-refractivity contribution >= 4 is 12.4 Å². The first-order valence-electron chi connectivity index (χ1n) is 8.47. The summed E-state index contributed by atoms with van der Waals surface area (Å²) in [6.45, 7) is 8.34. The Kier molecular flexibility index (Phi) is 12.0. The minimum absolute atomic E-state index is 0.0452. The third-order valence-electron chi connectivity index (χ3n) is 4.11. The number of nitrogens with zero attached hydrogens (tertiary/aromatic N) is 1. The number of carboxylic acid groups (broad SMARTS) is 1. The summed E-state index contributed by atoms with van der Waals surface area (Å²) < 4.78 is 0. The number of hydrogen-bond acceptors (Lipinski definition) is 2. The van der Waals surface area contributed by atoms with Crippen LogP contribution in [0.5, 0.6) is 0 Å². The zero-order chi connectivity index (χ0) is 16.1. The Morgan fingerprint density at radius 2 is 1.57 bits per heavy atom. The zero-order valence-corrected chi connectivity index (χ0v) is 14.0. The highest BCUT2D eigenvalue weighted by Gasteiger charge is 2.23. The van der Waals surface area contributed by atoms with E-state index >= 15 is 0 Å². The number of rotatable bonds is 8. The minimum Gasteiger partial charge on any atom is -0.481 e. The van der Waals surface area contributed by atoms with E-state index in [0.717, 1.165) is 76.8 Å². The highest BCUT2D eigenvalue weighted by atomic mass is 16.4. The Labute approximate surface area is 129 Å². The molecule has 124 valence electrons. The average Bonchev–Trinajstić information content (AvgIpc) is 2.48. The van der Waals surface area contributed by atoms with Crippen molar-refractivity contribution in [3.63, 3.8) is 0 Å². The van der Waals surface area contributed by atoms with Gasteiger partial charge in [0.15, 0.2) is 0 Å². The van der Waals surface area contributed by atoms with Crippen molar-refractivity contribution in [2.75, 3.05) is 13.1 Å². The number of unbranched alkanes of at least 4 members (excludes halogenated alkanes) is 2. The fourth-order valence-corrected chi connectivity index (χ4v) is 2.45. The first-order valence-corrected chi connectivity index (χ1v) is 8.47. The molecule has 0 spiro atoms. The summed E-state index contributed by atoms with van der Waals surface area (Å²) in [5.74, 6) is 0.0960. The maximum absolute atomic E-state index is 10.5. The second-order valence-corrected chi connectivity index (χ2v) is 6.14. The van der Waals surface area contributed by atoms with Crippen molar-refractivity contribution in [1.29, 1.82) is 0 Å². The van der Waals surface area contributed by atoms with E-state index in [-0.39, 0.29) is 5.92 Å². The fourth-order valence-electron chi connectivity index (χ4n) is 2.45. The van der Waals surface area contributed by atoms with Crippen LogP contribution in [0.1, 0.15) is 72.1 Å². The molecule has 0 aromatic heterocycles. The predicted molar refractivity (Wildman–Crippen MR) is 86.2 cm³/mol. The van der Waals surface area contributed by atoms with E-state index < -0.39 is 5.97 Å². The van der Waals surface area contributed by atoms with Crippen molar-refractivity contribution in [1.82, 2.24) is 4.90 Å².